The lowest BCUT2D eigenvalue weighted by atomic mass is 10.0. The lowest BCUT2D eigenvalue weighted by Crippen LogP contribution is -2.31. The van der Waals surface area contributed by atoms with Crippen LogP contribution in [-0.2, 0) is 24.2 Å². The molecular weight excluding hydrogens is 316 g/mol. The van der Waals surface area contributed by atoms with E-state index in [1.165, 1.54) is 0 Å². The number of nitrogens with zero attached hydrogens (tertiary/aromatic N) is 4. The van der Waals surface area contributed by atoms with Gasteiger partial charge < -0.3 is 10.0 Å². The number of anilines is 1. The van der Waals surface area contributed by atoms with E-state index in [1.807, 2.05) is 24.3 Å². The Kier molecular flexibility index (Phi) is 2.92. The van der Waals surface area contributed by atoms with Gasteiger partial charge in [0.1, 0.15) is 5.69 Å². The number of para-hydroxylation sites is 1. The summed E-state index contributed by atoms with van der Waals surface area (Å²) in [6, 6.07) is 7.88. The van der Waals surface area contributed by atoms with Crippen molar-refractivity contribution in [2.45, 2.75) is 32.7 Å². The molecular formula is C19H18N4O2. The van der Waals surface area contributed by atoms with Gasteiger partial charge in [-0.05, 0) is 18.6 Å². The molecule has 1 amide bonds. The lowest BCUT2D eigenvalue weighted by Gasteiger charge is -2.20. The van der Waals surface area contributed by atoms with Gasteiger partial charge >= 0.3 is 0 Å². The second kappa shape index (κ2) is 5.05. The zero-order valence-electron chi connectivity index (χ0n) is 14.0. The highest BCUT2D eigenvalue weighted by molar-refractivity contribution is 5.97. The standard InChI is InChI=1S/C19H18N4O2/c1-12(24)21-10-8-14-17(13-5-2-3-6-15(13)21)20-11-23-18(14)22-9-4-7-16(22)19(23)25/h2-3,5-6,11H,4,7-10H2,1H3. The maximum atomic E-state index is 12.6. The first kappa shape index (κ1) is 14.5. The summed E-state index contributed by atoms with van der Waals surface area (Å²) in [4.78, 5) is 18.6. The summed E-state index contributed by atoms with van der Waals surface area (Å²) in [6.07, 6.45) is 4.16. The van der Waals surface area contributed by atoms with Gasteiger partial charge in [0.15, 0.2) is 5.69 Å². The molecule has 3 aromatic rings. The van der Waals surface area contributed by atoms with Crippen LogP contribution in [0.4, 0.5) is 5.69 Å². The molecule has 1 aromatic carbocycles. The number of amides is 1. The van der Waals surface area contributed by atoms with E-state index < -0.39 is 0 Å². The maximum absolute atomic E-state index is 12.6. The Balaban J connectivity index is 1.85. The number of carbonyl (C=O) groups excluding carboxylic acids is 1. The molecule has 6 heteroatoms. The van der Waals surface area contributed by atoms with E-state index in [4.69, 9.17) is 0 Å². The van der Waals surface area contributed by atoms with Crippen LogP contribution in [0.5, 0.6) is 5.88 Å². The largest absolute Gasteiger partial charge is 0.846 e. The van der Waals surface area contributed by atoms with Crippen LogP contribution in [0.25, 0.3) is 16.9 Å². The summed E-state index contributed by atoms with van der Waals surface area (Å²) < 4.78 is 3.83. The van der Waals surface area contributed by atoms with E-state index in [0.717, 1.165) is 53.2 Å². The third-order valence-corrected chi connectivity index (χ3v) is 5.34. The molecule has 0 atom stereocenters. The predicted octanol–water partition coefficient (Wildman–Crippen LogP) is 1.22. The normalized spacial score (nSPS) is 15.6. The van der Waals surface area contributed by atoms with Crippen molar-refractivity contribution in [2.24, 2.45) is 0 Å². The topological polar surface area (TPSA) is 65.3 Å². The molecule has 4 heterocycles. The third kappa shape index (κ3) is 1.88. The van der Waals surface area contributed by atoms with Gasteiger partial charge in [-0.2, -0.15) is 0 Å². The van der Waals surface area contributed by atoms with Gasteiger partial charge in [0.25, 0.3) is 0 Å². The summed E-state index contributed by atoms with van der Waals surface area (Å²) >= 11 is 0. The molecule has 0 N–H and O–H groups in total. The van der Waals surface area contributed by atoms with Gasteiger partial charge in [0.2, 0.25) is 17.9 Å². The average molecular weight is 334 g/mol. The second-order valence-corrected chi connectivity index (χ2v) is 6.71. The highest BCUT2D eigenvalue weighted by atomic mass is 16.3. The Hall–Kier alpha value is -2.89. The van der Waals surface area contributed by atoms with Gasteiger partial charge in [-0.1, -0.05) is 12.1 Å². The quantitative estimate of drug-likeness (QED) is 0.581. The molecule has 25 heavy (non-hydrogen) atoms. The molecule has 5 rings (SSSR count). The van der Waals surface area contributed by atoms with E-state index >= 15 is 0 Å². The molecule has 126 valence electrons. The fraction of sp³-hybridized carbons (Fsp3) is 0.316. The number of aromatic nitrogens is 3. The molecule has 6 nitrogen and oxygen atoms in total. The van der Waals surface area contributed by atoms with Gasteiger partial charge in [0.05, 0.1) is 23.7 Å². The number of carbonyl (C=O) groups is 1. The lowest BCUT2D eigenvalue weighted by molar-refractivity contribution is -0.586. The van der Waals surface area contributed by atoms with Gasteiger partial charge in [-0.3, -0.25) is 9.36 Å². The molecule has 2 aliphatic heterocycles. The number of imidazole rings is 1. The zero-order chi connectivity index (χ0) is 17.1. The summed E-state index contributed by atoms with van der Waals surface area (Å²) in [5.41, 5.74) is 5.60. The molecule has 0 saturated carbocycles. The Bertz CT molecular complexity index is 1040. The van der Waals surface area contributed by atoms with Crippen molar-refractivity contribution in [3.05, 3.63) is 41.9 Å². The van der Waals surface area contributed by atoms with Crippen LogP contribution in [0.3, 0.4) is 0 Å². The minimum Gasteiger partial charge on any atom is -0.846 e. The van der Waals surface area contributed by atoms with E-state index in [2.05, 4.69) is 9.55 Å². The fourth-order valence-electron chi connectivity index (χ4n) is 4.25. The minimum atomic E-state index is 0.0223. The monoisotopic (exact) mass is 334 g/mol. The summed E-state index contributed by atoms with van der Waals surface area (Å²) in [7, 11) is 0. The Morgan fingerprint density at radius 2 is 2.08 bits per heavy atom. The first-order valence-electron chi connectivity index (χ1n) is 8.66. The maximum Gasteiger partial charge on any atom is 0.239 e. The van der Waals surface area contributed by atoms with Crippen LogP contribution in [-0.4, -0.2) is 22.0 Å². The van der Waals surface area contributed by atoms with Crippen molar-refractivity contribution in [3.8, 4) is 17.1 Å². The second-order valence-electron chi connectivity index (χ2n) is 6.71. The summed E-state index contributed by atoms with van der Waals surface area (Å²) in [5.74, 6) is 0.0674. The first-order valence-corrected chi connectivity index (χ1v) is 8.66. The molecule has 0 bridgehead atoms. The number of fused-ring (bicyclic) bond motifs is 7. The molecule has 0 radical (unpaired) electrons. The van der Waals surface area contributed by atoms with E-state index in [0.29, 0.717) is 13.0 Å². The minimum absolute atomic E-state index is 0.0223. The van der Waals surface area contributed by atoms with Gasteiger partial charge in [0, 0.05) is 31.9 Å². The van der Waals surface area contributed by atoms with Crippen molar-refractivity contribution in [1.29, 1.82) is 0 Å². The van der Waals surface area contributed by atoms with E-state index in [9.17, 15) is 9.90 Å². The number of hydrogen-bond donors (Lipinski definition) is 0. The first-order chi connectivity index (χ1) is 12.2. The van der Waals surface area contributed by atoms with Crippen molar-refractivity contribution in [3.63, 3.8) is 0 Å². The van der Waals surface area contributed by atoms with Crippen LogP contribution >= 0.6 is 0 Å². The van der Waals surface area contributed by atoms with Crippen molar-refractivity contribution in [1.82, 2.24) is 9.55 Å². The Morgan fingerprint density at radius 1 is 1.24 bits per heavy atom. The van der Waals surface area contributed by atoms with Crippen molar-refractivity contribution < 1.29 is 14.3 Å². The van der Waals surface area contributed by atoms with Crippen LogP contribution in [0.15, 0.2) is 30.6 Å². The van der Waals surface area contributed by atoms with Crippen molar-refractivity contribution in [2.75, 3.05) is 11.4 Å². The number of rotatable bonds is 0. The van der Waals surface area contributed by atoms with Gasteiger partial charge in [-0.15, -0.1) is 4.98 Å². The summed E-state index contributed by atoms with van der Waals surface area (Å²) in [5, 5.41) is 12.6. The van der Waals surface area contributed by atoms with E-state index in [-0.39, 0.29) is 11.8 Å². The Labute approximate surface area is 145 Å². The molecule has 0 aliphatic carbocycles. The van der Waals surface area contributed by atoms with E-state index in [1.54, 1.807) is 22.6 Å². The average Bonchev–Trinajstić information content (AvgIpc) is 3.13. The molecule has 0 unspecified atom stereocenters. The highest BCUT2D eigenvalue weighted by Crippen LogP contribution is 2.37. The third-order valence-electron chi connectivity index (χ3n) is 5.34. The van der Waals surface area contributed by atoms with Gasteiger partial charge in [-0.25, -0.2) is 4.40 Å². The smallest absolute Gasteiger partial charge is 0.239 e. The zero-order valence-corrected chi connectivity index (χ0v) is 14.0. The van der Waals surface area contributed by atoms with Crippen LogP contribution in [0, 0.1) is 0 Å². The molecule has 0 spiro atoms. The predicted molar refractivity (Wildman–Crippen MR) is 90.3 cm³/mol. The molecule has 0 fully saturated rings. The van der Waals surface area contributed by atoms with Crippen LogP contribution < -0.4 is 14.4 Å². The highest BCUT2D eigenvalue weighted by Gasteiger charge is 2.31. The molecule has 2 aliphatic rings. The molecule has 2 aromatic heterocycles. The molecule has 0 saturated heterocycles. The van der Waals surface area contributed by atoms with Crippen LogP contribution in [0.2, 0.25) is 0 Å². The SMILES string of the molecule is CC(=O)N1CCc2c(nc[n+]3c([O-])c4n(c23)CCC4)-c2ccccc21. The number of aryl methyl sites for hydroxylation is 1. The van der Waals surface area contributed by atoms with Crippen molar-refractivity contribution >= 4 is 17.2 Å². The number of hydrogen-bond acceptors (Lipinski definition) is 3. The van der Waals surface area contributed by atoms with Crippen LogP contribution in [0.1, 0.15) is 24.6 Å². The summed E-state index contributed by atoms with van der Waals surface area (Å²) in [6.45, 7) is 3.06. The fourth-order valence-corrected chi connectivity index (χ4v) is 4.25. The Morgan fingerprint density at radius 3 is 2.92 bits per heavy atom. The number of benzene rings is 1.